The average molecular weight is 359 g/mol. The number of carbonyl (C=O) groups is 2. The number of benzene rings is 1. The highest BCUT2D eigenvalue weighted by atomic mass is 16.5. The van der Waals surface area contributed by atoms with Crippen molar-refractivity contribution < 1.29 is 18.8 Å². The molecule has 0 saturated heterocycles. The monoisotopic (exact) mass is 359 g/mol. The zero-order valence-corrected chi connectivity index (χ0v) is 15.6. The summed E-state index contributed by atoms with van der Waals surface area (Å²) in [6.45, 7) is 8.50. The van der Waals surface area contributed by atoms with Crippen LogP contribution in [0.25, 0.3) is 0 Å². The molecule has 7 nitrogen and oxygen atoms in total. The number of aromatic nitrogens is 1. The smallest absolute Gasteiger partial charge is 0.251 e. The number of nitrogens with one attached hydrogen (secondary N) is 2. The molecule has 1 aromatic heterocycles. The molecule has 2 N–H and O–H groups in total. The van der Waals surface area contributed by atoms with E-state index in [4.69, 9.17) is 9.26 Å². The molecule has 0 saturated carbocycles. The lowest BCUT2D eigenvalue weighted by Crippen LogP contribution is -2.36. The summed E-state index contributed by atoms with van der Waals surface area (Å²) in [7, 11) is 0. The van der Waals surface area contributed by atoms with E-state index in [1.54, 1.807) is 24.3 Å². The minimum Gasteiger partial charge on any atom is -0.489 e. The van der Waals surface area contributed by atoms with Gasteiger partial charge in [0, 0.05) is 24.6 Å². The number of aryl methyl sites for hydroxylation is 2. The highest BCUT2D eigenvalue weighted by Crippen LogP contribution is 2.17. The van der Waals surface area contributed by atoms with Gasteiger partial charge < -0.3 is 19.9 Å². The van der Waals surface area contributed by atoms with Gasteiger partial charge in [-0.25, -0.2) is 0 Å². The molecular formula is C19H25N3O4. The Morgan fingerprint density at radius 2 is 1.77 bits per heavy atom. The second kappa shape index (κ2) is 9.03. The van der Waals surface area contributed by atoms with E-state index in [2.05, 4.69) is 15.8 Å². The topological polar surface area (TPSA) is 93.5 Å². The van der Waals surface area contributed by atoms with Crippen LogP contribution in [0.5, 0.6) is 5.75 Å². The highest BCUT2D eigenvalue weighted by Gasteiger charge is 2.10. The molecule has 2 amide bonds. The second-order valence-corrected chi connectivity index (χ2v) is 6.32. The molecule has 0 aliphatic rings. The molecule has 1 heterocycles. The Kier molecular flexibility index (Phi) is 6.77. The maximum Gasteiger partial charge on any atom is 0.251 e. The molecule has 7 heteroatoms. The van der Waals surface area contributed by atoms with Crippen molar-refractivity contribution in [3.05, 3.63) is 46.8 Å². The van der Waals surface area contributed by atoms with Gasteiger partial charge in [0.05, 0.1) is 11.3 Å². The van der Waals surface area contributed by atoms with Crippen LogP contribution in [0.15, 0.2) is 28.8 Å². The first-order valence-corrected chi connectivity index (χ1v) is 8.59. The quantitative estimate of drug-likeness (QED) is 0.706. The van der Waals surface area contributed by atoms with Crippen LogP contribution in [-0.2, 0) is 11.4 Å². The average Bonchev–Trinajstić information content (AvgIpc) is 2.95. The minimum absolute atomic E-state index is 0.0287. The predicted molar refractivity (Wildman–Crippen MR) is 96.9 cm³/mol. The first-order valence-electron chi connectivity index (χ1n) is 8.59. The van der Waals surface area contributed by atoms with Gasteiger partial charge in [0.1, 0.15) is 18.1 Å². The van der Waals surface area contributed by atoms with Crippen LogP contribution in [0.3, 0.4) is 0 Å². The molecule has 0 spiro atoms. The number of rotatable bonds is 8. The summed E-state index contributed by atoms with van der Waals surface area (Å²) in [6, 6.07) is 6.89. The molecule has 2 aromatic rings. The van der Waals surface area contributed by atoms with Gasteiger partial charge in [-0.15, -0.1) is 0 Å². The summed E-state index contributed by atoms with van der Waals surface area (Å²) in [5.74, 6) is 1.11. The van der Waals surface area contributed by atoms with Crippen molar-refractivity contribution >= 4 is 11.8 Å². The van der Waals surface area contributed by atoms with Crippen molar-refractivity contribution in [3.8, 4) is 5.75 Å². The van der Waals surface area contributed by atoms with Gasteiger partial charge in [0.15, 0.2) is 0 Å². The Morgan fingerprint density at radius 3 is 2.35 bits per heavy atom. The van der Waals surface area contributed by atoms with Crippen LogP contribution in [0.4, 0.5) is 0 Å². The van der Waals surface area contributed by atoms with Crippen molar-refractivity contribution in [2.24, 2.45) is 5.92 Å². The third-order valence-corrected chi connectivity index (χ3v) is 3.92. The van der Waals surface area contributed by atoms with Crippen LogP contribution in [0.1, 0.15) is 41.2 Å². The Morgan fingerprint density at radius 1 is 1.12 bits per heavy atom. The van der Waals surface area contributed by atoms with Gasteiger partial charge in [-0.1, -0.05) is 19.0 Å². The second-order valence-electron chi connectivity index (χ2n) is 6.32. The van der Waals surface area contributed by atoms with Crippen molar-refractivity contribution in [2.45, 2.75) is 34.3 Å². The fourth-order valence-corrected chi connectivity index (χ4v) is 2.23. The Labute approximate surface area is 153 Å². The summed E-state index contributed by atoms with van der Waals surface area (Å²) in [5.41, 5.74) is 2.27. The molecule has 0 bridgehead atoms. The Balaban J connectivity index is 1.79. The van der Waals surface area contributed by atoms with Crippen molar-refractivity contribution in [1.29, 1.82) is 0 Å². The van der Waals surface area contributed by atoms with Crippen molar-refractivity contribution in [1.82, 2.24) is 15.8 Å². The number of carbonyl (C=O) groups excluding carboxylic acids is 2. The van der Waals surface area contributed by atoms with E-state index in [1.807, 2.05) is 27.7 Å². The van der Waals surface area contributed by atoms with Crippen LogP contribution in [0, 0.1) is 19.8 Å². The van der Waals surface area contributed by atoms with E-state index in [1.165, 1.54) is 0 Å². The van der Waals surface area contributed by atoms with Gasteiger partial charge in [-0.2, -0.15) is 0 Å². The molecule has 140 valence electrons. The fraction of sp³-hybridized carbons (Fsp3) is 0.421. The standard InChI is InChI=1S/C19H25N3O4/c1-12(2)18(23)20-9-10-21-19(24)15-5-7-16(8-6-15)25-11-17-13(3)22-26-14(17)4/h5-8,12H,9-11H2,1-4H3,(H,20,23)(H,21,24). The normalized spacial score (nSPS) is 10.7. The number of ether oxygens (including phenoxy) is 1. The highest BCUT2D eigenvalue weighted by molar-refractivity contribution is 5.94. The third kappa shape index (κ3) is 5.34. The maximum atomic E-state index is 12.1. The molecule has 0 radical (unpaired) electrons. The number of amides is 2. The Bertz CT molecular complexity index is 731. The number of hydrogen-bond donors (Lipinski definition) is 2. The summed E-state index contributed by atoms with van der Waals surface area (Å²) >= 11 is 0. The molecule has 0 fully saturated rings. The van der Waals surface area contributed by atoms with Crippen LogP contribution < -0.4 is 15.4 Å². The minimum atomic E-state index is -0.193. The van der Waals surface area contributed by atoms with E-state index in [9.17, 15) is 9.59 Å². The Hall–Kier alpha value is -2.83. The van der Waals surface area contributed by atoms with Crippen LogP contribution >= 0.6 is 0 Å². The van der Waals surface area contributed by atoms with Crippen LogP contribution in [0.2, 0.25) is 0 Å². The molecule has 0 atom stereocenters. The lowest BCUT2D eigenvalue weighted by Gasteiger charge is -2.09. The summed E-state index contributed by atoms with van der Waals surface area (Å²) < 4.78 is 10.8. The van der Waals surface area contributed by atoms with Gasteiger partial charge in [0.25, 0.3) is 5.91 Å². The largest absolute Gasteiger partial charge is 0.489 e. The molecule has 26 heavy (non-hydrogen) atoms. The molecule has 0 unspecified atom stereocenters. The zero-order chi connectivity index (χ0) is 19.1. The molecule has 2 rings (SSSR count). The summed E-state index contributed by atoms with van der Waals surface area (Å²) in [4.78, 5) is 23.5. The predicted octanol–water partition coefficient (Wildman–Crippen LogP) is 2.37. The van der Waals surface area contributed by atoms with Gasteiger partial charge in [-0.05, 0) is 38.1 Å². The first-order chi connectivity index (χ1) is 12.4. The van der Waals surface area contributed by atoms with Crippen molar-refractivity contribution in [2.75, 3.05) is 13.1 Å². The fourth-order valence-electron chi connectivity index (χ4n) is 2.23. The molecule has 0 aliphatic carbocycles. The van der Waals surface area contributed by atoms with Crippen molar-refractivity contribution in [3.63, 3.8) is 0 Å². The summed E-state index contributed by atoms with van der Waals surface area (Å²) in [5, 5.41) is 9.41. The summed E-state index contributed by atoms with van der Waals surface area (Å²) in [6.07, 6.45) is 0. The van der Waals surface area contributed by atoms with E-state index in [0.29, 0.717) is 31.0 Å². The van der Waals surface area contributed by atoms with Gasteiger partial charge >= 0.3 is 0 Å². The zero-order valence-electron chi connectivity index (χ0n) is 15.6. The lowest BCUT2D eigenvalue weighted by molar-refractivity contribution is -0.123. The SMILES string of the molecule is Cc1noc(C)c1COc1ccc(C(=O)NCCNC(=O)C(C)C)cc1. The van der Waals surface area contributed by atoms with Gasteiger partial charge in [0.2, 0.25) is 5.91 Å². The number of nitrogens with zero attached hydrogens (tertiary/aromatic N) is 1. The van der Waals surface area contributed by atoms with E-state index < -0.39 is 0 Å². The molecule has 1 aromatic carbocycles. The van der Waals surface area contributed by atoms with E-state index >= 15 is 0 Å². The van der Waals surface area contributed by atoms with Gasteiger partial charge in [-0.3, -0.25) is 9.59 Å². The lowest BCUT2D eigenvalue weighted by atomic mass is 10.2. The van der Waals surface area contributed by atoms with E-state index in [-0.39, 0.29) is 17.7 Å². The number of hydrogen-bond acceptors (Lipinski definition) is 5. The maximum absolute atomic E-state index is 12.1. The first kappa shape index (κ1) is 19.5. The van der Waals surface area contributed by atoms with Crippen LogP contribution in [-0.4, -0.2) is 30.1 Å². The third-order valence-electron chi connectivity index (χ3n) is 3.92. The van der Waals surface area contributed by atoms with E-state index in [0.717, 1.165) is 17.0 Å². The molecular weight excluding hydrogens is 334 g/mol. The molecule has 0 aliphatic heterocycles.